The van der Waals surface area contributed by atoms with Gasteiger partial charge in [-0.25, -0.2) is 19.3 Å². The Morgan fingerprint density at radius 2 is 1.63 bits per heavy atom. The number of nitrogens with zero attached hydrogens (tertiary/aromatic N) is 4. The van der Waals surface area contributed by atoms with Crippen LogP contribution >= 0.6 is 0 Å². The van der Waals surface area contributed by atoms with E-state index in [0.717, 1.165) is 61.1 Å². The molecule has 0 bridgehead atoms. The average molecular weight is 733 g/mol. The van der Waals surface area contributed by atoms with Crippen molar-refractivity contribution in [1.82, 2.24) is 19.7 Å². The summed E-state index contributed by atoms with van der Waals surface area (Å²) < 4.78 is 13.5. The molecule has 2 aromatic heterocycles. The third-order valence-electron chi connectivity index (χ3n) is 12.2. The summed E-state index contributed by atoms with van der Waals surface area (Å²) in [5, 5.41) is 25.4. The van der Waals surface area contributed by atoms with E-state index in [-0.39, 0.29) is 30.4 Å². The molecule has 3 fully saturated rings. The Morgan fingerprint density at radius 3 is 2.31 bits per heavy atom. The number of esters is 2. The monoisotopic (exact) mass is 732 g/mol. The highest BCUT2D eigenvalue weighted by Crippen LogP contribution is 2.42. The molecule has 0 radical (unpaired) electrons. The summed E-state index contributed by atoms with van der Waals surface area (Å²) in [6.45, 7) is 5.41. The Kier molecular flexibility index (Phi) is 9.64. The summed E-state index contributed by atoms with van der Waals surface area (Å²) in [5.74, 6) is -0.127. The molecule has 4 aliphatic rings. The first-order valence-electron chi connectivity index (χ1n) is 19.6. The average Bonchev–Trinajstić information content (AvgIpc) is 3.80. The summed E-state index contributed by atoms with van der Waals surface area (Å²) in [7, 11) is 0. The lowest BCUT2D eigenvalue weighted by atomic mass is 9.78. The van der Waals surface area contributed by atoms with Crippen molar-refractivity contribution in [1.29, 1.82) is 0 Å². The van der Waals surface area contributed by atoms with E-state index in [1.807, 2.05) is 36.1 Å². The van der Waals surface area contributed by atoms with Crippen LogP contribution in [0.15, 0.2) is 60.8 Å². The van der Waals surface area contributed by atoms with Crippen LogP contribution in [0.4, 0.5) is 0 Å². The van der Waals surface area contributed by atoms with E-state index in [1.54, 1.807) is 4.68 Å². The number of benzene rings is 2. The van der Waals surface area contributed by atoms with Crippen molar-refractivity contribution < 1.29 is 34.1 Å². The maximum absolute atomic E-state index is 13.0. The lowest BCUT2D eigenvalue weighted by molar-refractivity contribution is -0.168. The van der Waals surface area contributed by atoms with Crippen molar-refractivity contribution in [2.24, 2.45) is 0 Å². The van der Waals surface area contributed by atoms with Crippen molar-refractivity contribution in [2.45, 2.75) is 114 Å². The van der Waals surface area contributed by atoms with Crippen molar-refractivity contribution in [3.8, 4) is 22.8 Å². The molecule has 11 nitrogen and oxygen atoms in total. The largest absolute Gasteiger partial charge is 0.486 e. The number of rotatable bonds is 10. The Morgan fingerprint density at radius 1 is 0.889 bits per heavy atom. The van der Waals surface area contributed by atoms with Crippen LogP contribution in [0.25, 0.3) is 17.1 Å². The molecule has 2 aromatic carbocycles. The number of hydrogen-bond acceptors (Lipinski definition) is 9. The second kappa shape index (κ2) is 14.4. The van der Waals surface area contributed by atoms with E-state index in [2.05, 4.69) is 42.4 Å². The molecule has 0 unspecified atom stereocenters. The number of hydrogen-bond donors (Lipinski definition) is 2. The predicted octanol–water partition coefficient (Wildman–Crippen LogP) is 6.34. The van der Waals surface area contributed by atoms with Gasteiger partial charge in [-0.2, -0.15) is 5.10 Å². The predicted molar refractivity (Wildman–Crippen MR) is 200 cm³/mol. The maximum Gasteiger partial charge on any atom is 0.349 e. The number of aromatic nitrogens is 3. The molecule has 54 heavy (non-hydrogen) atoms. The van der Waals surface area contributed by atoms with Gasteiger partial charge in [0.05, 0.1) is 17.6 Å². The number of fused-ring (bicyclic) bond motifs is 1. The van der Waals surface area contributed by atoms with Crippen molar-refractivity contribution in [3.05, 3.63) is 94.3 Å². The summed E-state index contributed by atoms with van der Waals surface area (Å²) in [4.78, 5) is 45.2. The molecule has 3 heterocycles. The first-order valence-corrected chi connectivity index (χ1v) is 19.6. The number of pyridine rings is 1. The van der Waals surface area contributed by atoms with E-state index in [9.17, 15) is 24.6 Å². The van der Waals surface area contributed by atoms with E-state index in [0.29, 0.717) is 56.2 Å². The molecule has 8 rings (SSSR count). The quantitative estimate of drug-likeness (QED) is 0.141. The van der Waals surface area contributed by atoms with E-state index in [4.69, 9.17) is 14.5 Å². The highest BCUT2D eigenvalue weighted by molar-refractivity contribution is 6.00. The molecule has 11 heteroatoms. The number of ether oxygens (including phenoxy) is 2. The lowest BCUT2D eigenvalue weighted by Crippen LogP contribution is -2.54. The zero-order valence-electron chi connectivity index (χ0n) is 31.1. The summed E-state index contributed by atoms with van der Waals surface area (Å²) >= 11 is 0. The minimum atomic E-state index is -1.59. The van der Waals surface area contributed by atoms with E-state index in [1.165, 1.54) is 22.9 Å². The van der Waals surface area contributed by atoms with Gasteiger partial charge in [-0.15, -0.1) is 0 Å². The normalized spacial score (nSPS) is 20.1. The van der Waals surface area contributed by atoms with E-state index >= 15 is 0 Å². The van der Waals surface area contributed by atoms with Gasteiger partial charge in [0, 0.05) is 24.2 Å². The summed E-state index contributed by atoms with van der Waals surface area (Å²) in [5.41, 5.74) is 4.63. The molecule has 1 amide bonds. The molecule has 1 saturated heterocycles. The Bertz CT molecular complexity index is 2090. The molecule has 1 aliphatic heterocycles. The van der Waals surface area contributed by atoms with Crippen LogP contribution in [0.3, 0.4) is 0 Å². The number of carbonyl (C=O) groups excluding carboxylic acids is 3. The van der Waals surface area contributed by atoms with Gasteiger partial charge in [-0.05, 0) is 124 Å². The van der Waals surface area contributed by atoms with Gasteiger partial charge in [0.2, 0.25) is 0 Å². The lowest BCUT2D eigenvalue weighted by Gasteiger charge is -2.42. The fourth-order valence-electron chi connectivity index (χ4n) is 8.64. The molecule has 4 aromatic rings. The molecule has 2 saturated carbocycles. The number of piperidine rings is 1. The molecular weight excluding hydrogens is 684 g/mol. The zero-order chi connectivity index (χ0) is 37.6. The first kappa shape index (κ1) is 36.1. The Hall–Kier alpha value is -4.87. The fraction of sp³-hybridized carbons (Fsp3) is 0.465. The molecule has 3 aliphatic carbocycles. The van der Waals surface area contributed by atoms with Crippen molar-refractivity contribution in [2.75, 3.05) is 13.1 Å². The van der Waals surface area contributed by atoms with Crippen LogP contribution in [0, 0.1) is 0 Å². The minimum absolute atomic E-state index is 0.0944. The van der Waals surface area contributed by atoms with Crippen LogP contribution in [0.2, 0.25) is 0 Å². The highest BCUT2D eigenvalue weighted by atomic mass is 16.6. The SMILES string of the molecule is CCc1cc(O[C@H]2CCc3cccc(-c4cccc(-n5ncc(C(=O)OC(=O)C6(O)CCC6)c5CC)n4)c32)ccc1C1CCN(C(=O)C2(O)CCC2)CC1. The number of amides is 1. The van der Waals surface area contributed by atoms with Gasteiger partial charge >= 0.3 is 11.9 Å². The minimum Gasteiger partial charge on any atom is -0.486 e. The number of aryl methyl sites for hydroxylation is 2. The van der Waals surface area contributed by atoms with Gasteiger partial charge < -0.3 is 24.6 Å². The number of carbonyl (C=O) groups is 3. The van der Waals surface area contributed by atoms with Crippen LogP contribution in [0.5, 0.6) is 5.75 Å². The molecular formula is C43H48N4O7. The molecule has 2 N–H and O–H groups in total. The van der Waals surface area contributed by atoms with E-state index < -0.39 is 23.1 Å². The first-order chi connectivity index (χ1) is 26.1. The third kappa shape index (κ3) is 6.51. The molecule has 1 atom stereocenters. The zero-order valence-corrected chi connectivity index (χ0v) is 31.1. The van der Waals surface area contributed by atoms with Gasteiger partial charge in [0.1, 0.15) is 23.0 Å². The Labute approximate surface area is 315 Å². The highest BCUT2D eigenvalue weighted by Gasteiger charge is 2.46. The standard InChI is InChI=1S/C43H48N4O7/c1-3-27-25-30(14-15-31(27)28-17-23-46(24-18-28)40(49)42(51)19-7-20-42)53-36-16-13-29-9-5-10-32(38(29)36)34-11-6-12-37(45-34)47-35(4-2)33(26-44-47)39(48)54-41(50)43(52)21-8-22-43/h5-6,9-12,14-15,25-26,28,36,51-52H,3-4,7-8,13,16-24H2,1-2H3/t36-/m0/s1. The molecule has 0 spiro atoms. The fourth-order valence-corrected chi connectivity index (χ4v) is 8.64. The maximum atomic E-state index is 13.0. The second-order valence-electron chi connectivity index (χ2n) is 15.4. The van der Waals surface area contributed by atoms with Crippen LogP contribution in [-0.4, -0.2) is 72.0 Å². The van der Waals surface area contributed by atoms with Crippen molar-refractivity contribution >= 4 is 17.8 Å². The Balaban J connectivity index is 0.995. The smallest absolute Gasteiger partial charge is 0.349 e. The number of aliphatic hydroxyl groups is 2. The van der Waals surface area contributed by atoms with Gasteiger partial charge in [0.15, 0.2) is 11.4 Å². The van der Waals surface area contributed by atoms with Gasteiger partial charge in [0.25, 0.3) is 5.91 Å². The topological polar surface area (TPSA) is 144 Å². The van der Waals surface area contributed by atoms with Gasteiger partial charge in [-0.3, -0.25) is 4.79 Å². The van der Waals surface area contributed by atoms with Crippen LogP contribution < -0.4 is 4.74 Å². The summed E-state index contributed by atoms with van der Waals surface area (Å²) in [6.07, 6.45) is 9.38. The van der Waals surface area contributed by atoms with Gasteiger partial charge in [-0.1, -0.05) is 44.2 Å². The molecule has 282 valence electrons. The number of likely N-dealkylation sites (tertiary alicyclic amines) is 1. The summed E-state index contributed by atoms with van der Waals surface area (Å²) in [6, 6.07) is 18.4. The second-order valence-corrected chi connectivity index (χ2v) is 15.4. The van der Waals surface area contributed by atoms with Crippen LogP contribution in [0.1, 0.15) is 122 Å². The van der Waals surface area contributed by atoms with Crippen molar-refractivity contribution in [3.63, 3.8) is 0 Å². The van der Waals surface area contributed by atoms with Crippen LogP contribution in [-0.2, 0) is 33.6 Å². The third-order valence-corrected chi connectivity index (χ3v) is 12.2.